The molecule has 0 aromatic heterocycles. The molecule has 0 aliphatic carbocycles. The molecule has 0 bridgehead atoms. The average molecular weight is 251 g/mol. The summed E-state index contributed by atoms with van der Waals surface area (Å²) in [4.78, 5) is 13.8. The number of likely N-dealkylation sites (tertiary alicyclic amines) is 1. The molecule has 4 nitrogen and oxygen atoms in total. The van der Waals surface area contributed by atoms with Crippen LogP contribution in [-0.2, 0) is 9.53 Å². The molecule has 1 N–H and O–H groups in total. The molecule has 5 heteroatoms. The zero-order chi connectivity index (χ0) is 11.1. The van der Waals surface area contributed by atoms with Gasteiger partial charge in [-0.3, -0.25) is 4.79 Å². The van der Waals surface area contributed by atoms with Gasteiger partial charge in [-0.1, -0.05) is 6.92 Å². The summed E-state index contributed by atoms with van der Waals surface area (Å²) in [6.07, 6.45) is 3.40. The highest BCUT2D eigenvalue weighted by molar-refractivity contribution is 5.85. The van der Waals surface area contributed by atoms with Crippen molar-refractivity contribution in [2.45, 2.75) is 32.2 Å². The molecule has 0 saturated carbocycles. The SMILES string of the molecule is CCC1CCCN1C(=O)CNCCOC.Cl. The van der Waals surface area contributed by atoms with Crippen LogP contribution in [0.1, 0.15) is 26.2 Å². The molecule has 1 aliphatic heterocycles. The van der Waals surface area contributed by atoms with Crippen LogP contribution < -0.4 is 5.32 Å². The number of nitrogens with one attached hydrogen (secondary N) is 1. The zero-order valence-electron chi connectivity index (χ0n) is 10.2. The zero-order valence-corrected chi connectivity index (χ0v) is 11.0. The van der Waals surface area contributed by atoms with Gasteiger partial charge in [-0.05, 0) is 19.3 Å². The quantitative estimate of drug-likeness (QED) is 0.717. The molecule has 16 heavy (non-hydrogen) atoms. The summed E-state index contributed by atoms with van der Waals surface area (Å²) in [5.74, 6) is 0.232. The van der Waals surface area contributed by atoms with Crippen LogP contribution in [0.5, 0.6) is 0 Å². The topological polar surface area (TPSA) is 41.6 Å². The van der Waals surface area contributed by atoms with Crippen LogP contribution in [0.25, 0.3) is 0 Å². The Hall–Kier alpha value is -0.320. The van der Waals surface area contributed by atoms with Gasteiger partial charge < -0.3 is 15.0 Å². The van der Waals surface area contributed by atoms with Crippen molar-refractivity contribution < 1.29 is 9.53 Å². The number of carbonyl (C=O) groups excluding carboxylic acids is 1. The minimum Gasteiger partial charge on any atom is -0.383 e. The Morgan fingerprint density at radius 3 is 2.94 bits per heavy atom. The van der Waals surface area contributed by atoms with E-state index >= 15 is 0 Å². The fourth-order valence-electron chi connectivity index (χ4n) is 2.06. The van der Waals surface area contributed by atoms with E-state index in [0.717, 1.165) is 25.9 Å². The van der Waals surface area contributed by atoms with Crippen LogP contribution in [0.15, 0.2) is 0 Å². The third kappa shape index (κ3) is 4.68. The van der Waals surface area contributed by atoms with Crippen molar-refractivity contribution in [1.29, 1.82) is 0 Å². The van der Waals surface area contributed by atoms with Gasteiger partial charge in [-0.2, -0.15) is 0 Å². The maximum absolute atomic E-state index is 11.8. The van der Waals surface area contributed by atoms with E-state index in [4.69, 9.17) is 4.74 Å². The fourth-order valence-corrected chi connectivity index (χ4v) is 2.06. The van der Waals surface area contributed by atoms with Crippen LogP contribution >= 0.6 is 12.4 Å². The van der Waals surface area contributed by atoms with Crippen LogP contribution in [0.2, 0.25) is 0 Å². The Labute approximate surface area is 104 Å². The van der Waals surface area contributed by atoms with E-state index in [1.807, 2.05) is 4.90 Å². The minimum absolute atomic E-state index is 0. The number of halogens is 1. The largest absolute Gasteiger partial charge is 0.383 e. The van der Waals surface area contributed by atoms with Gasteiger partial charge in [-0.15, -0.1) is 12.4 Å². The van der Waals surface area contributed by atoms with Gasteiger partial charge in [0.05, 0.1) is 13.2 Å². The summed E-state index contributed by atoms with van der Waals surface area (Å²) in [6, 6.07) is 0.474. The van der Waals surface area contributed by atoms with Crippen molar-refractivity contribution in [3.05, 3.63) is 0 Å². The first-order valence-electron chi connectivity index (χ1n) is 5.78. The third-order valence-electron chi connectivity index (χ3n) is 2.93. The van der Waals surface area contributed by atoms with Crippen LogP contribution in [-0.4, -0.2) is 50.2 Å². The number of hydrogen-bond donors (Lipinski definition) is 1. The number of amides is 1. The Bertz CT molecular complexity index is 202. The summed E-state index contributed by atoms with van der Waals surface area (Å²) >= 11 is 0. The fraction of sp³-hybridized carbons (Fsp3) is 0.909. The van der Waals surface area contributed by atoms with Gasteiger partial charge >= 0.3 is 0 Å². The van der Waals surface area contributed by atoms with E-state index in [1.54, 1.807) is 7.11 Å². The normalized spacial score (nSPS) is 19.6. The van der Waals surface area contributed by atoms with Gasteiger partial charge in [0, 0.05) is 26.2 Å². The molecule has 1 saturated heterocycles. The van der Waals surface area contributed by atoms with E-state index in [2.05, 4.69) is 12.2 Å². The molecule has 1 fully saturated rings. The number of methoxy groups -OCH3 is 1. The van der Waals surface area contributed by atoms with E-state index in [-0.39, 0.29) is 18.3 Å². The summed E-state index contributed by atoms with van der Waals surface area (Å²) in [5, 5.41) is 3.09. The van der Waals surface area contributed by atoms with E-state index in [9.17, 15) is 4.79 Å². The molecule has 0 aromatic carbocycles. The van der Waals surface area contributed by atoms with E-state index in [1.165, 1.54) is 6.42 Å². The lowest BCUT2D eigenvalue weighted by molar-refractivity contribution is -0.131. The van der Waals surface area contributed by atoms with Gasteiger partial charge in [0.25, 0.3) is 0 Å². The first kappa shape index (κ1) is 15.7. The van der Waals surface area contributed by atoms with Crippen molar-refractivity contribution in [2.75, 3.05) is 33.4 Å². The lowest BCUT2D eigenvalue weighted by Crippen LogP contribution is -2.41. The average Bonchev–Trinajstić information content (AvgIpc) is 2.72. The molecule has 96 valence electrons. The molecule has 1 unspecified atom stereocenters. The Kier molecular flexibility index (Phi) is 8.61. The number of nitrogens with zero attached hydrogens (tertiary/aromatic N) is 1. The molecule has 0 radical (unpaired) electrons. The minimum atomic E-state index is 0. The second-order valence-electron chi connectivity index (χ2n) is 3.96. The first-order valence-corrected chi connectivity index (χ1v) is 5.78. The lowest BCUT2D eigenvalue weighted by Gasteiger charge is -2.23. The predicted molar refractivity (Wildman–Crippen MR) is 67.0 cm³/mol. The Balaban J connectivity index is 0.00000225. The molecular weight excluding hydrogens is 228 g/mol. The van der Waals surface area contributed by atoms with Crippen molar-refractivity contribution in [1.82, 2.24) is 10.2 Å². The maximum Gasteiger partial charge on any atom is 0.236 e. The second kappa shape index (κ2) is 8.79. The number of ether oxygens (including phenoxy) is 1. The van der Waals surface area contributed by atoms with Gasteiger partial charge in [-0.25, -0.2) is 0 Å². The molecule has 1 rings (SSSR count). The summed E-state index contributed by atoms with van der Waals surface area (Å²) in [5.41, 5.74) is 0. The molecule has 1 atom stereocenters. The molecular formula is C11H23ClN2O2. The smallest absolute Gasteiger partial charge is 0.236 e. The third-order valence-corrected chi connectivity index (χ3v) is 2.93. The van der Waals surface area contributed by atoms with Crippen molar-refractivity contribution in [3.63, 3.8) is 0 Å². The Morgan fingerprint density at radius 2 is 2.31 bits per heavy atom. The van der Waals surface area contributed by atoms with Crippen molar-refractivity contribution >= 4 is 18.3 Å². The van der Waals surface area contributed by atoms with Gasteiger partial charge in [0.2, 0.25) is 5.91 Å². The number of carbonyl (C=O) groups is 1. The molecule has 1 heterocycles. The maximum atomic E-state index is 11.8. The monoisotopic (exact) mass is 250 g/mol. The van der Waals surface area contributed by atoms with E-state index < -0.39 is 0 Å². The standard InChI is InChI=1S/C11H22N2O2.ClH/c1-3-10-5-4-7-13(10)11(14)9-12-6-8-15-2;/h10,12H,3-9H2,1-2H3;1H. The number of hydrogen-bond acceptors (Lipinski definition) is 3. The Morgan fingerprint density at radius 1 is 1.56 bits per heavy atom. The summed E-state index contributed by atoms with van der Waals surface area (Å²) in [7, 11) is 1.66. The van der Waals surface area contributed by atoms with Crippen LogP contribution in [0.4, 0.5) is 0 Å². The van der Waals surface area contributed by atoms with Crippen LogP contribution in [0.3, 0.4) is 0 Å². The highest BCUT2D eigenvalue weighted by Gasteiger charge is 2.26. The molecule has 0 aromatic rings. The van der Waals surface area contributed by atoms with E-state index in [0.29, 0.717) is 19.2 Å². The first-order chi connectivity index (χ1) is 7.29. The lowest BCUT2D eigenvalue weighted by atomic mass is 10.2. The summed E-state index contributed by atoms with van der Waals surface area (Å²) < 4.78 is 4.90. The molecule has 1 aliphatic rings. The molecule has 0 spiro atoms. The van der Waals surface area contributed by atoms with Gasteiger partial charge in [0.1, 0.15) is 0 Å². The highest BCUT2D eigenvalue weighted by Crippen LogP contribution is 2.19. The van der Waals surface area contributed by atoms with Crippen molar-refractivity contribution in [3.8, 4) is 0 Å². The molecule has 1 amide bonds. The van der Waals surface area contributed by atoms with Crippen LogP contribution in [0, 0.1) is 0 Å². The predicted octanol–water partition coefficient (Wildman–Crippen LogP) is 1.05. The highest BCUT2D eigenvalue weighted by atomic mass is 35.5. The van der Waals surface area contributed by atoms with Crippen molar-refractivity contribution in [2.24, 2.45) is 0 Å². The second-order valence-corrected chi connectivity index (χ2v) is 3.96. The van der Waals surface area contributed by atoms with Gasteiger partial charge in [0.15, 0.2) is 0 Å². The summed E-state index contributed by atoms with van der Waals surface area (Å²) in [6.45, 7) is 4.93. The number of rotatable bonds is 6.